The van der Waals surface area contributed by atoms with Gasteiger partial charge in [-0.1, -0.05) is 30.7 Å². The van der Waals surface area contributed by atoms with Crippen molar-refractivity contribution in [1.29, 1.82) is 0 Å². The Hall–Kier alpha value is -1.59. The average molecular weight is 339 g/mol. The van der Waals surface area contributed by atoms with Crippen molar-refractivity contribution in [2.75, 3.05) is 38.5 Å². The summed E-state index contributed by atoms with van der Waals surface area (Å²) >= 11 is 6.01. The number of benzene rings is 1. The first-order valence-electron chi connectivity index (χ1n) is 8.07. The summed E-state index contributed by atoms with van der Waals surface area (Å²) < 4.78 is 0. The van der Waals surface area contributed by atoms with Crippen LogP contribution in [0.5, 0.6) is 0 Å². The Morgan fingerprint density at radius 3 is 2.61 bits per heavy atom. The minimum absolute atomic E-state index is 0.00358. The Bertz CT molecular complexity index is 557. The molecule has 0 radical (unpaired) electrons. The van der Waals surface area contributed by atoms with E-state index in [0.29, 0.717) is 17.3 Å². The number of likely N-dealkylation sites (tertiary alicyclic amines) is 1. The summed E-state index contributed by atoms with van der Waals surface area (Å²) in [6, 6.07) is 7.06. The molecule has 0 spiro atoms. The third-order valence-corrected chi connectivity index (χ3v) is 4.67. The Morgan fingerprint density at radius 1 is 1.30 bits per heavy atom. The van der Waals surface area contributed by atoms with Crippen LogP contribution >= 0.6 is 11.6 Å². The van der Waals surface area contributed by atoms with Crippen LogP contribution in [0, 0.1) is 5.92 Å². The molecule has 1 aliphatic rings. The minimum atomic E-state index is -0.240. The van der Waals surface area contributed by atoms with Crippen LogP contribution in [0.25, 0.3) is 0 Å². The maximum Gasteiger partial charge on any atom is 0.277 e. The molecule has 1 saturated heterocycles. The van der Waals surface area contributed by atoms with Crippen LogP contribution < -0.4 is 10.2 Å². The highest BCUT2D eigenvalue weighted by atomic mass is 35.5. The molecule has 0 unspecified atom stereocenters. The minimum Gasteiger partial charge on any atom is -0.332 e. The van der Waals surface area contributed by atoms with Gasteiger partial charge in [-0.3, -0.25) is 9.59 Å². The molecule has 2 N–H and O–H groups in total. The number of hydrogen-bond acceptors (Lipinski definition) is 2. The van der Waals surface area contributed by atoms with Crippen LogP contribution in [0.1, 0.15) is 19.8 Å². The van der Waals surface area contributed by atoms with Crippen LogP contribution in [0.3, 0.4) is 0 Å². The summed E-state index contributed by atoms with van der Waals surface area (Å²) in [5, 5.41) is 3.22. The van der Waals surface area contributed by atoms with Crippen molar-refractivity contribution in [1.82, 2.24) is 4.90 Å². The first-order valence-corrected chi connectivity index (χ1v) is 8.45. The fourth-order valence-corrected chi connectivity index (χ4v) is 2.93. The third kappa shape index (κ3) is 5.52. The van der Waals surface area contributed by atoms with Crippen molar-refractivity contribution in [2.45, 2.75) is 19.8 Å². The predicted octanol–water partition coefficient (Wildman–Crippen LogP) is 1.05. The number of para-hydroxylation sites is 1. The van der Waals surface area contributed by atoms with E-state index in [2.05, 4.69) is 12.2 Å². The van der Waals surface area contributed by atoms with Crippen molar-refractivity contribution in [3.63, 3.8) is 0 Å². The molecule has 2 rings (SSSR count). The highest BCUT2D eigenvalue weighted by Gasteiger charge is 2.23. The van der Waals surface area contributed by atoms with E-state index in [1.165, 1.54) is 22.6 Å². The molecule has 0 saturated carbocycles. The second kappa shape index (κ2) is 8.31. The van der Waals surface area contributed by atoms with Crippen LogP contribution in [0.4, 0.5) is 5.69 Å². The van der Waals surface area contributed by atoms with E-state index >= 15 is 0 Å². The zero-order valence-corrected chi connectivity index (χ0v) is 14.5. The van der Waals surface area contributed by atoms with E-state index < -0.39 is 0 Å². The number of nitrogens with one attached hydrogen (secondary N) is 2. The van der Waals surface area contributed by atoms with Crippen molar-refractivity contribution >= 4 is 29.1 Å². The van der Waals surface area contributed by atoms with Gasteiger partial charge in [-0.05, 0) is 30.9 Å². The molecule has 23 heavy (non-hydrogen) atoms. The molecular weight excluding hydrogens is 314 g/mol. The van der Waals surface area contributed by atoms with Gasteiger partial charge < -0.3 is 15.1 Å². The molecule has 1 fully saturated rings. The first-order chi connectivity index (χ1) is 11.0. The van der Waals surface area contributed by atoms with Gasteiger partial charge in [-0.2, -0.15) is 0 Å². The van der Waals surface area contributed by atoms with Gasteiger partial charge in [0.25, 0.3) is 5.91 Å². The number of quaternary nitrogens is 1. The zero-order chi connectivity index (χ0) is 16.8. The Balaban J connectivity index is 1.79. The second-order valence-corrected chi connectivity index (χ2v) is 6.79. The quantitative estimate of drug-likeness (QED) is 0.843. The lowest BCUT2D eigenvalue weighted by Crippen LogP contribution is -3.14. The van der Waals surface area contributed by atoms with Crippen molar-refractivity contribution in [3.8, 4) is 0 Å². The molecule has 0 aromatic heterocycles. The normalized spacial score (nSPS) is 20.8. The lowest BCUT2D eigenvalue weighted by atomic mass is 9.99. The molecule has 126 valence electrons. The van der Waals surface area contributed by atoms with Gasteiger partial charge in [0.05, 0.1) is 30.3 Å². The zero-order valence-electron chi connectivity index (χ0n) is 13.8. The molecule has 1 aliphatic heterocycles. The van der Waals surface area contributed by atoms with Gasteiger partial charge in [-0.25, -0.2) is 0 Å². The number of carbonyl (C=O) groups is 2. The van der Waals surface area contributed by atoms with Crippen molar-refractivity contribution < 1.29 is 14.5 Å². The summed E-state index contributed by atoms with van der Waals surface area (Å²) in [5.74, 6) is 0.521. The molecule has 1 aromatic rings. The molecule has 1 aromatic carbocycles. The topological polar surface area (TPSA) is 53.9 Å². The largest absolute Gasteiger partial charge is 0.332 e. The number of nitrogens with zero attached hydrogens (tertiary/aromatic N) is 1. The number of amides is 2. The lowest BCUT2D eigenvalue weighted by molar-refractivity contribution is -0.898. The van der Waals surface area contributed by atoms with E-state index in [1.54, 1.807) is 31.3 Å². The second-order valence-electron chi connectivity index (χ2n) is 6.39. The highest BCUT2D eigenvalue weighted by Crippen LogP contribution is 2.20. The fourth-order valence-electron chi connectivity index (χ4n) is 2.75. The number of halogens is 1. The van der Waals surface area contributed by atoms with Crippen LogP contribution in [0.15, 0.2) is 24.3 Å². The SMILES string of the molecule is CC1CC[NH+](CC(=O)N(C)CC(=O)Nc2ccccc2Cl)CC1. The van der Waals surface area contributed by atoms with Crippen LogP contribution in [-0.4, -0.2) is 49.9 Å². The third-order valence-electron chi connectivity index (χ3n) is 4.34. The number of carbonyl (C=O) groups excluding carboxylic acids is 2. The highest BCUT2D eigenvalue weighted by molar-refractivity contribution is 6.33. The smallest absolute Gasteiger partial charge is 0.277 e. The summed E-state index contributed by atoms with van der Waals surface area (Å²) in [6.07, 6.45) is 2.33. The molecule has 6 heteroatoms. The van der Waals surface area contributed by atoms with E-state index in [9.17, 15) is 9.59 Å². The monoisotopic (exact) mass is 338 g/mol. The maximum atomic E-state index is 12.2. The summed E-state index contributed by atoms with van der Waals surface area (Å²) in [6.45, 7) is 4.82. The summed E-state index contributed by atoms with van der Waals surface area (Å²) in [4.78, 5) is 27.1. The molecule has 0 atom stereocenters. The number of piperidine rings is 1. The van der Waals surface area contributed by atoms with Gasteiger partial charge in [0.2, 0.25) is 5.91 Å². The van der Waals surface area contributed by atoms with Crippen LogP contribution in [-0.2, 0) is 9.59 Å². The summed E-state index contributed by atoms with van der Waals surface area (Å²) in [7, 11) is 1.67. The van der Waals surface area contributed by atoms with E-state index in [1.807, 2.05) is 0 Å². The van der Waals surface area contributed by atoms with Gasteiger partial charge in [-0.15, -0.1) is 0 Å². The number of anilines is 1. The van der Waals surface area contributed by atoms with Gasteiger partial charge in [0.1, 0.15) is 0 Å². The standard InChI is InChI=1S/C17H24ClN3O2/c1-13-7-9-21(10-8-13)12-17(23)20(2)11-16(22)19-15-6-4-3-5-14(15)18/h3-6,13H,7-12H2,1-2H3,(H,19,22)/p+1. The molecular formula is C17H25ClN3O2+. The Kier molecular flexibility index (Phi) is 6.42. The van der Waals surface area contributed by atoms with Gasteiger partial charge in [0, 0.05) is 7.05 Å². The van der Waals surface area contributed by atoms with E-state index in [-0.39, 0.29) is 18.4 Å². The van der Waals surface area contributed by atoms with Gasteiger partial charge >= 0.3 is 0 Å². The average Bonchev–Trinajstić information content (AvgIpc) is 2.51. The molecule has 5 nitrogen and oxygen atoms in total. The lowest BCUT2D eigenvalue weighted by Gasteiger charge is -2.28. The fraction of sp³-hybridized carbons (Fsp3) is 0.529. The number of likely N-dealkylation sites (N-methyl/N-ethyl adjacent to an activating group) is 1. The van der Waals surface area contributed by atoms with Crippen molar-refractivity contribution in [2.24, 2.45) is 5.92 Å². The Morgan fingerprint density at radius 2 is 1.96 bits per heavy atom. The predicted molar refractivity (Wildman–Crippen MR) is 91.7 cm³/mol. The molecule has 0 bridgehead atoms. The summed E-state index contributed by atoms with van der Waals surface area (Å²) in [5.41, 5.74) is 0.565. The van der Waals surface area contributed by atoms with E-state index in [0.717, 1.165) is 19.0 Å². The van der Waals surface area contributed by atoms with E-state index in [4.69, 9.17) is 11.6 Å². The maximum absolute atomic E-state index is 12.2. The number of rotatable bonds is 5. The van der Waals surface area contributed by atoms with Crippen LogP contribution in [0.2, 0.25) is 5.02 Å². The molecule has 2 amide bonds. The van der Waals surface area contributed by atoms with Crippen molar-refractivity contribution in [3.05, 3.63) is 29.3 Å². The first kappa shape index (κ1) is 17.8. The van der Waals surface area contributed by atoms with Gasteiger partial charge in [0.15, 0.2) is 6.54 Å². The Labute approximate surface area is 142 Å². The number of hydrogen-bond donors (Lipinski definition) is 2. The molecule has 1 heterocycles. The molecule has 0 aliphatic carbocycles.